The normalized spacial score (nSPS) is 11.8. The van der Waals surface area contributed by atoms with Crippen molar-refractivity contribution in [1.29, 1.82) is 0 Å². The number of benzene rings is 1. The van der Waals surface area contributed by atoms with Gasteiger partial charge in [0.1, 0.15) is 0 Å². The maximum atomic E-state index is 13.3. The first-order chi connectivity index (χ1) is 13.3. The van der Waals surface area contributed by atoms with Gasteiger partial charge in [-0.2, -0.15) is 0 Å². The van der Waals surface area contributed by atoms with Gasteiger partial charge < -0.3 is 4.57 Å². The molecule has 6 nitrogen and oxygen atoms in total. The van der Waals surface area contributed by atoms with Crippen molar-refractivity contribution in [2.45, 2.75) is 66.5 Å². The van der Waals surface area contributed by atoms with Gasteiger partial charge >= 0.3 is 5.69 Å². The highest BCUT2D eigenvalue weighted by Crippen LogP contribution is 2.18. The fraction of sp³-hybridized carbons (Fsp3) is 0.500. The van der Waals surface area contributed by atoms with Crippen LogP contribution in [0, 0.1) is 5.92 Å². The lowest BCUT2D eigenvalue weighted by atomic mass is 10.0. The van der Waals surface area contributed by atoms with Crippen molar-refractivity contribution < 1.29 is 0 Å². The Hall–Kier alpha value is -2.63. The molecule has 0 saturated carbocycles. The minimum atomic E-state index is -0.322. The molecule has 0 N–H and O–H groups in total. The number of hydrogen-bond acceptors (Lipinski definition) is 3. The molecule has 28 heavy (non-hydrogen) atoms. The highest BCUT2D eigenvalue weighted by molar-refractivity contribution is 5.72. The lowest BCUT2D eigenvalue weighted by Gasteiger charge is -2.14. The molecule has 1 aromatic carbocycles. The second-order valence-corrected chi connectivity index (χ2v) is 8.11. The van der Waals surface area contributed by atoms with Gasteiger partial charge in [-0.25, -0.2) is 14.3 Å². The molecule has 0 saturated heterocycles. The van der Waals surface area contributed by atoms with E-state index in [4.69, 9.17) is 0 Å². The van der Waals surface area contributed by atoms with Crippen LogP contribution >= 0.6 is 0 Å². The number of nitrogens with zero attached hydrogens (tertiary/aromatic N) is 4. The number of hydrogen-bond donors (Lipinski definition) is 0. The molecule has 0 aliphatic carbocycles. The Labute approximate surface area is 165 Å². The van der Waals surface area contributed by atoms with Crippen LogP contribution in [-0.4, -0.2) is 18.7 Å². The van der Waals surface area contributed by atoms with Crippen LogP contribution in [0.3, 0.4) is 0 Å². The Morgan fingerprint density at radius 2 is 1.68 bits per heavy atom. The van der Waals surface area contributed by atoms with E-state index in [2.05, 4.69) is 39.6 Å². The maximum Gasteiger partial charge on any atom is 0.337 e. The first-order valence-electron chi connectivity index (χ1n) is 10.2. The van der Waals surface area contributed by atoms with E-state index in [1.54, 1.807) is 10.9 Å². The molecule has 0 unspecified atom stereocenters. The van der Waals surface area contributed by atoms with Crippen molar-refractivity contribution in [2.24, 2.45) is 5.92 Å². The second kappa shape index (κ2) is 8.17. The summed E-state index contributed by atoms with van der Waals surface area (Å²) in [6, 6.07) is 7.94. The summed E-state index contributed by atoms with van der Waals surface area (Å²) < 4.78 is 4.81. The zero-order valence-corrected chi connectivity index (χ0v) is 17.5. The zero-order chi connectivity index (χ0) is 20.4. The lowest BCUT2D eigenvalue weighted by molar-refractivity contribution is 0.491. The zero-order valence-electron chi connectivity index (χ0n) is 17.5. The van der Waals surface area contributed by atoms with Gasteiger partial charge in [0.2, 0.25) is 0 Å². The fourth-order valence-corrected chi connectivity index (χ4v) is 3.42. The molecule has 3 rings (SSSR count). The summed E-state index contributed by atoms with van der Waals surface area (Å²) in [7, 11) is 0. The molecule has 0 fully saturated rings. The molecule has 0 radical (unpaired) electrons. The molecule has 0 atom stereocenters. The molecule has 6 heteroatoms. The quantitative estimate of drug-likeness (QED) is 0.622. The Morgan fingerprint density at radius 3 is 2.25 bits per heavy atom. The monoisotopic (exact) mass is 382 g/mol. The van der Waals surface area contributed by atoms with Crippen molar-refractivity contribution in [2.75, 3.05) is 0 Å². The van der Waals surface area contributed by atoms with Crippen molar-refractivity contribution in [3.8, 4) is 5.69 Å². The molecule has 2 aromatic heterocycles. The summed E-state index contributed by atoms with van der Waals surface area (Å²) in [5, 5.41) is 0. The third-order valence-electron chi connectivity index (χ3n) is 5.11. The highest BCUT2D eigenvalue weighted by atomic mass is 16.2. The van der Waals surface area contributed by atoms with E-state index in [9.17, 15) is 9.59 Å². The Morgan fingerprint density at radius 1 is 1.00 bits per heavy atom. The van der Waals surface area contributed by atoms with Gasteiger partial charge in [-0.05, 0) is 42.4 Å². The standard InChI is InChI=1S/C22H30N4O2/c1-6-12-24-14-23-20-19(24)21(27)25(13-11-15(2)3)22(28)26(20)18-9-7-17(8-10-18)16(4)5/h7-10,14-16H,6,11-13H2,1-5H3. The van der Waals surface area contributed by atoms with Crippen LogP contribution in [0.1, 0.15) is 58.9 Å². The van der Waals surface area contributed by atoms with Crippen LogP contribution in [0.25, 0.3) is 16.9 Å². The third kappa shape index (κ3) is 3.68. The van der Waals surface area contributed by atoms with E-state index in [1.165, 1.54) is 10.1 Å². The summed E-state index contributed by atoms with van der Waals surface area (Å²) in [4.78, 5) is 30.9. The molecular weight excluding hydrogens is 352 g/mol. The Kier molecular flexibility index (Phi) is 5.87. The number of imidazole rings is 1. The summed E-state index contributed by atoms with van der Waals surface area (Å²) in [6.45, 7) is 11.6. The van der Waals surface area contributed by atoms with Gasteiger partial charge in [0.05, 0.1) is 12.0 Å². The summed E-state index contributed by atoms with van der Waals surface area (Å²) in [5.41, 5.74) is 2.30. The Balaban J connectivity index is 2.28. The van der Waals surface area contributed by atoms with Gasteiger partial charge in [0.15, 0.2) is 11.2 Å². The number of fused-ring (bicyclic) bond motifs is 1. The van der Waals surface area contributed by atoms with Crippen LogP contribution in [-0.2, 0) is 13.1 Å². The second-order valence-electron chi connectivity index (χ2n) is 8.11. The average Bonchev–Trinajstić information content (AvgIpc) is 3.06. The van der Waals surface area contributed by atoms with Crippen LogP contribution in [0.5, 0.6) is 0 Å². The van der Waals surface area contributed by atoms with Gasteiger partial charge in [-0.3, -0.25) is 9.36 Å². The SMILES string of the molecule is CCCn1cnc2c1c(=O)n(CCC(C)C)c(=O)n2-c1ccc(C(C)C)cc1. The Bertz CT molecular complexity index is 1070. The van der Waals surface area contributed by atoms with E-state index in [1.807, 2.05) is 28.8 Å². The summed E-state index contributed by atoms with van der Waals surface area (Å²) >= 11 is 0. The number of aromatic nitrogens is 4. The van der Waals surface area contributed by atoms with E-state index in [0.29, 0.717) is 36.1 Å². The predicted octanol–water partition coefficient (Wildman–Crippen LogP) is 3.93. The lowest BCUT2D eigenvalue weighted by Crippen LogP contribution is -2.40. The van der Waals surface area contributed by atoms with Gasteiger partial charge in [0, 0.05) is 13.1 Å². The molecular formula is C22H30N4O2. The molecule has 150 valence electrons. The first-order valence-corrected chi connectivity index (χ1v) is 10.2. The minimum absolute atomic E-state index is 0.248. The van der Waals surface area contributed by atoms with Crippen molar-refractivity contribution in [3.05, 3.63) is 57.0 Å². The van der Waals surface area contributed by atoms with Gasteiger partial charge in [-0.1, -0.05) is 46.8 Å². The fourth-order valence-electron chi connectivity index (χ4n) is 3.42. The topological polar surface area (TPSA) is 61.8 Å². The third-order valence-corrected chi connectivity index (χ3v) is 5.11. The van der Waals surface area contributed by atoms with Crippen LogP contribution in [0.2, 0.25) is 0 Å². The van der Waals surface area contributed by atoms with E-state index in [0.717, 1.165) is 18.5 Å². The smallest absolute Gasteiger partial charge is 0.325 e. The highest BCUT2D eigenvalue weighted by Gasteiger charge is 2.19. The van der Waals surface area contributed by atoms with Crippen molar-refractivity contribution >= 4 is 11.2 Å². The summed E-state index contributed by atoms with van der Waals surface area (Å²) in [6.07, 6.45) is 3.33. The number of aryl methyl sites for hydroxylation is 1. The van der Waals surface area contributed by atoms with E-state index >= 15 is 0 Å². The molecule has 0 amide bonds. The molecule has 2 heterocycles. The van der Waals surface area contributed by atoms with Crippen LogP contribution < -0.4 is 11.2 Å². The molecule has 0 aliphatic rings. The summed E-state index contributed by atoms with van der Waals surface area (Å²) in [5.74, 6) is 0.816. The molecule has 0 aliphatic heterocycles. The van der Waals surface area contributed by atoms with E-state index in [-0.39, 0.29) is 11.2 Å². The van der Waals surface area contributed by atoms with Gasteiger partial charge in [0.25, 0.3) is 5.56 Å². The predicted molar refractivity (Wildman–Crippen MR) is 113 cm³/mol. The van der Waals surface area contributed by atoms with E-state index < -0.39 is 0 Å². The maximum absolute atomic E-state index is 13.3. The molecule has 3 aromatic rings. The molecule has 0 bridgehead atoms. The van der Waals surface area contributed by atoms with Crippen LogP contribution in [0.15, 0.2) is 40.2 Å². The minimum Gasteiger partial charge on any atom is -0.325 e. The van der Waals surface area contributed by atoms with Gasteiger partial charge in [-0.15, -0.1) is 0 Å². The molecule has 0 spiro atoms. The van der Waals surface area contributed by atoms with Crippen LogP contribution in [0.4, 0.5) is 0 Å². The average molecular weight is 383 g/mol. The first kappa shape index (κ1) is 20.1. The largest absolute Gasteiger partial charge is 0.337 e. The van der Waals surface area contributed by atoms with Crippen molar-refractivity contribution in [3.63, 3.8) is 0 Å². The van der Waals surface area contributed by atoms with Crippen molar-refractivity contribution in [1.82, 2.24) is 18.7 Å². The number of rotatable bonds is 7.